The lowest BCUT2D eigenvalue weighted by Gasteiger charge is -2.19. The van der Waals surface area contributed by atoms with E-state index in [1.54, 1.807) is 11.3 Å². The van der Waals surface area contributed by atoms with Crippen LogP contribution in [0.4, 0.5) is 0 Å². The average Bonchev–Trinajstić information content (AvgIpc) is 2.95. The van der Waals surface area contributed by atoms with Gasteiger partial charge in [-0.15, -0.1) is 11.3 Å². The van der Waals surface area contributed by atoms with E-state index in [0.717, 1.165) is 22.6 Å². The largest absolute Gasteiger partial charge is 0.306 e. The summed E-state index contributed by atoms with van der Waals surface area (Å²) < 4.78 is 1.22. The highest BCUT2D eigenvalue weighted by atomic mass is 35.5. The second-order valence-corrected chi connectivity index (χ2v) is 6.43. The van der Waals surface area contributed by atoms with Crippen molar-refractivity contribution in [1.82, 2.24) is 10.3 Å². The molecule has 0 fully saturated rings. The van der Waals surface area contributed by atoms with Crippen LogP contribution in [0.25, 0.3) is 10.2 Å². The number of pyridine rings is 1. The predicted octanol–water partition coefficient (Wildman–Crippen LogP) is 4.96. The number of thiophene rings is 1. The molecule has 0 saturated heterocycles. The summed E-state index contributed by atoms with van der Waals surface area (Å²) >= 11 is 8.00. The summed E-state index contributed by atoms with van der Waals surface area (Å²) in [6, 6.07) is 10.6. The average molecular weight is 317 g/mol. The standard InChI is InChI=1S/C17H17ClN2S/c1-3-19-17(12-5-4-11(2)14(18)8-12)13-9-16-15(20-10-13)6-7-21-16/h4-10,17,19H,3H2,1-2H3. The zero-order valence-corrected chi connectivity index (χ0v) is 13.6. The molecule has 1 N–H and O–H groups in total. The second-order valence-electron chi connectivity index (χ2n) is 5.07. The topological polar surface area (TPSA) is 24.9 Å². The highest BCUT2D eigenvalue weighted by Gasteiger charge is 2.15. The van der Waals surface area contributed by atoms with Gasteiger partial charge in [0.1, 0.15) is 0 Å². The van der Waals surface area contributed by atoms with Crippen LogP contribution in [0.2, 0.25) is 5.02 Å². The first-order chi connectivity index (χ1) is 10.2. The molecule has 0 amide bonds. The van der Waals surface area contributed by atoms with Gasteiger partial charge in [-0.1, -0.05) is 30.7 Å². The van der Waals surface area contributed by atoms with Crippen LogP contribution in [0.5, 0.6) is 0 Å². The zero-order chi connectivity index (χ0) is 14.8. The molecule has 0 radical (unpaired) electrons. The smallest absolute Gasteiger partial charge is 0.0809 e. The Morgan fingerprint density at radius 2 is 2.10 bits per heavy atom. The highest BCUT2D eigenvalue weighted by Crippen LogP contribution is 2.29. The predicted molar refractivity (Wildman–Crippen MR) is 91.3 cm³/mol. The van der Waals surface area contributed by atoms with Crippen molar-refractivity contribution in [3.05, 3.63) is 63.6 Å². The number of aromatic nitrogens is 1. The monoisotopic (exact) mass is 316 g/mol. The van der Waals surface area contributed by atoms with Gasteiger partial charge in [-0.3, -0.25) is 4.98 Å². The molecule has 0 spiro atoms. The van der Waals surface area contributed by atoms with Crippen LogP contribution in [0, 0.1) is 6.92 Å². The molecule has 2 heterocycles. The van der Waals surface area contributed by atoms with Crippen molar-refractivity contribution < 1.29 is 0 Å². The van der Waals surface area contributed by atoms with Crippen LogP contribution in [0.3, 0.4) is 0 Å². The van der Waals surface area contributed by atoms with Gasteiger partial charge >= 0.3 is 0 Å². The molecule has 1 atom stereocenters. The fraction of sp³-hybridized carbons (Fsp3) is 0.235. The number of aryl methyl sites for hydroxylation is 1. The molecule has 0 bridgehead atoms. The third-order valence-electron chi connectivity index (χ3n) is 3.59. The summed E-state index contributed by atoms with van der Waals surface area (Å²) in [6.45, 7) is 5.02. The summed E-state index contributed by atoms with van der Waals surface area (Å²) in [5.41, 5.74) is 4.50. The van der Waals surface area contributed by atoms with E-state index < -0.39 is 0 Å². The number of rotatable bonds is 4. The molecule has 108 valence electrons. The number of benzene rings is 1. The number of hydrogen-bond donors (Lipinski definition) is 1. The van der Waals surface area contributed by atoms with Gasteiger partial charge in [0.15, 0.2) is 0 Å². The maximum absolute atomic E-state index is 6.28. The van der Waals surface area contributed by atoms with Crippen molar-refractivity contribution in [1.29, 1.82) is 0 Å². The van der Waals surface area contributed by atoms with Crippen LogP contribution >= 0.6 is 22.9 Å². The molecule has 3 aromatic rings. The molecule has 21 heavy (non-hydrogen) atoms. The Hall–Kier alpha value is -1.42. The molecular weight excluding hydrogens is 300 g/mol. The molecule has 1 unspecified atom stereocenters. The Morgan fingerprint density at radius 1 is 1.24 bits per heavy atom. The van der Waals surface area contributed by atoms with E-state index in [4.69, 9.17) is 11.6 Å². The van der Waals surface area contributed by atoms with E-state index >= 15 is 0 Å². The maximum Gasteiger partial charge on any atom is 0.0809 e. The lowest BCUT2D eigenvalue weighted by Crippen LogP contribution is -2.22. The summed E-state index contributed by atoms with van der Waals surface area (Å²) in [5, 5.41) is 6.41. The van der Waals surface area contributed by atoms with E-state index in [1.165, 1.54) is 15.8 Å². The van der Waals surface area contributed by atoms with Gasteiger partial charge in [0.2, 0.25) is 0 Å². The first-order valence-corrected chi connectivity index (χ1v) is 8.27. The van der Waals surface area contributed by atoms with Gasteiger partial charge < -0.3 is 5.32 Å². The Bertz CT molecular complexity index is 766. The normalized spacial score (nSPS) is 12.7. The number of nitrogens with one attached hydrogen (secondary N) is 1. The lowest BCUT2D eigenvalue weighted by atomic mass is 9.99. The van der Waals surface area contributed by atoms with E-state index in [2.05, 4.69) is 46.9 Å². The second kappa shape index (κ2) is 6.14. The third-order valence-corrected chi connectivity index (χ3v) is 4.85. The summed E-state index contributed by atoms with van der Waals surface area (Å²) in [6.07, 6.45) is 1.95. The highest BCUT2D eigenvalue weighted by molar-refractivity contribution is 7.17. The molecule has 0 aliphatic carbocycles. The lowest BCUT2D eigenvalue weighted by molar-refractivity contribution is 0.629. The van der Waals surface area contributed by atoms with Crippen LogP contribution in [0.15, 0.2) is 41.9 Å². The van der Waals surface area contributed by atoms with E-state index in [0.29, 0.717) is 0 Å². The third kappa shape index (κ3) is 2.95. The van der Waals surface area contributed by atoms with Crippen molar-refractivity contribution in [2.45, 2.75) is 19.9 Å². The first-order valence-electron chi connectivity index (χ1n) is 7.01. The summed E-state index contributed by atoms with van der Waals surface area (Å²) in [4.78, 5) is 4.55. The number of fused-ring (bicyclic) bond motifs is 1. The van der Waals surface area contributed by atoms with Gasteiger partial charge in [0.25, 0.3) is 0 Å². The van der Waals surface area contributed by atoms with Crippen LogP contribution in [-0.4, -0.2) is 11.5 Å². The fourth-order valence-electron chi connectivity index (χ4n) is 2.44. The van der Waals surface area contributed by atoms with Crippen molar-refractivity contribution in [2.24, 2.45) is 0 Å². The Morgan fingerprint density at radius 3 is 2.86 bits per heavy atom. The first kappa shape index (κ1) is 14.5. The van der Waals surface area contributed by atoms with E-state index in [-0.39, 0.29) is 6.04 Å². The number of hydrogen-bond acceptors (Lipinski definition) is 3. The molecule has 2 nitrogen and oxygen atoms in total. The zero-order valence-electron chi connectivity index (χ0n) is 12.1. The van der Waals surface area contributed by atoms with Crippen molar-refractivity contribution in [3.8, 4) is 0 Å². The number of nitrogens with zero attached hydrogens (tertiary/aromatic N) is 1. The van der Waals surface area contributed by atoms with Crippen LogP contribution in [0.1, 0.15) is 29.7 Å². The van der Waals surface area contributed by atoms with Crippen molar-refractivity contribution in [2.75, 3.05) is 6.54 Å². The molecule has 0 aliphatic rings. The molecule has 2 aromatic heterocycles. The van der Waals surface area contributed by atoms with Gasteiger partial charge in [-0.25, -0.2) is 0 Å². The number of halogens is 1. The molecule has 1 aromatic carbocycles. The Kier molecular flexibility index (Phi) is 4.24. The van der Waals surface area contributed by atoms with Gasteiger partial charge in [-0.2, -0.15) is 0 Å². The van der Waals surface area contributed by atoms with E-state index in [1.807, 2.05) is 19.2 Å². The molecule has 0 aliphatic heterocycles. The minimum Gasteiger partial charge on any atom is -0.306 e. The van der Waals surface area contributed by atoms with Crippen molar-refractivity contribution in [3.63, 3.8) is 0 Å². The minimum absolute atomic E-state index is 0.118. The van der Waals surface area contributed by atoms with Gasteiger partial charge in [-0.05, 0) is 53.7 Å². The molecule has 4 heteroatoms. The molecule has 0 saturated carbocycles. The Labute approximate surface area is 133 Å². The van der Waals surface area contributed by atoms with Crippen LogP contribution < -0.4 is 5.32 Å². The van der Waals surface area contributed by atoms with Crippen LogP contribution in [-0.2, 0) is 0 Å². The van der Waals surface area contributed by atoms with Gasteiger partial charge in [0.05, 0.1) is 16.3 Å². The SMILES string of the molecule is CCNC(c1ccc(C)c(Cl)c1)c1cnc2ccsc2c1. The van der Waals surface area contributed by atoms with Gasteiger partial charge in [0, 0.05) is 11.2 Å². The fourth-order valence-corrected chi connectivity index (χ4v) is 3.42. The van der Waals surface area contributed by atoms with Crippen molar-refractivity contribution >= 4 is 33.2 Å². The molecular formula is C17H17ClN2S. The summed E-state index contributed by atoms with van der Waals surface area (Å²) in [7, 11) is 0. The summed E-state index contributed by atoms with van der Waals surface area (Å²) in [5.74, 6) is 0. The molecule has 3 rings (SSSR count). The minimum atomic E-state index is 0.118. The quantitative estimate of drug-likeness (QED) is 0.736. The van der Waals surface area contributed by atoms with E-state index in [9.17, 15) is 0 Å². The Balaban J connectivity index is 2.05. The maximum atomic E-state index is 6.28.